The van der Waals surface area contributed by atoms with Crippen molar-refractivity contribution in [2.24, 2.45) is 0 Å². The van der Waals surface area contributed by atoms with Crippen molar-refractivity contribution in [3.05, 3.63) is 87.5 Å². The molecule has 4 nitrogen and oxygen atoms in total. The van der Waals surface area contributed by atoms with Gasteiger partial charge in [0.25, 0.3) is 5.56 Å². The molecular formula is C24H22N2O2. The Morgan fingerprint density at radius 2 is 1.93 bits per heavy atom. The van der Waals surface area contributed by atoms with Gasteiger partial charge in [-0.1, -0.05) is 23.8 Å². The minimum atomic E-state index is -0.0465. The standard InChI is InChI=1S/C24H22N2O2/c1-15-3-5-19(16(2)11-15)17-8-10-26(24(27)12-17)18-4-6-20-21-14-25-9-7-22(21)28-23(20)13-18/h3-6,8,10-13,25H,7,9,14H2,1-2H3. The first-order chi connectivity index (χ1) is 13.6. The summed E-state index contributed by atoms with van der Waals surface area (Å²) in [7, 11) is 0. The molecule has 0 amide bonds. The molecule has 2 aromatic heterocycles. The normalized spacial score (nSPS) is 13.6. The van der Waals surface area contributed by atoms with Crippen LogP contribution >= 0.6 is 0 Å². The first-order valence-corrected chi connectivity index (χ1v) is 9.66. The van der Waals surface area contributed by atoms with Crippen molar-refractivity contribution in [2.45, 2.75) is 26.8 Å². The third kappa shape index (κ3) is 2.77. The SMILES string of the molecule is Cc1ccc(-c2ccn(-c3ccc4c5c(oc4c3)CCNC5)c(=O)c2)c(C)c1. The number of nitrogens with one attached hydrogen (secondary N) is 1. The van der Waals surface area contributed by atoms with Crippen LogP contribution in [-0.4, -0.2) is 11.1 Å². The predicted molar refractivity (Wildman–Crippen MR) is 112 cm³/mol. The van der Waals surface area contributed by atoms with Gasteiger partial charge in [-0.25, -0.2) is 0 Å². The van der Waals surface area contributed by atoms with Gasteiger partial charge in [-0.3, -0.25) is 9.36 Å². The van der Waals surface area contributed by atoms with Crippen LogP contribution in [0.3, 0.4) is 0 Å². The number of aromatic nitrogens is 1. The van der Waals surface area contributed by atoms with Crippen LogP contribution in [0.1, 0.15) is 22.5 Å². The molecule has 1 N–H and O–H groups in total. The lowest BCUT2D eigenvalue weighted by Crippen LogP contribution is -2.22. The van der Waals surface area contributed by atoms with Crippen LogP contribution in [0, 0.1) is 13.8 Å². The van der Waals surface area contributed by atoms with Gasteiger partial charge in [0.2, 0.25) is 0 Å². The summed E-state index contributed by atoms with van der Waals surface area (Å²) in [5.74, 6) is 1.06. The summed E-state index contributed by atoms with van der Waals surface area (Å²) in [6, 6.07) is 16.0. The molecular weight excluding hydrogens is 348 g/mol. The van der Waals surface area contributed by atoms with Gasteiger partial charge in [0.05, 0.1) is 5.69 Å². The average Bonchev–Trinajstić information content (AvgIpc) is 3.05. The van der Waals surface area contributed by atoms with Crippen molar-refractivity contribution >= 4 is 11.0 Å². The van der Waals surface area contributed by atoms with E-state index in [1.807, 2.05) is 24.4 Å². The number of pyridine rings is 1. The zero-order valence-corrected chi connectivity index (χ0v) is 16.1. The Morgan fingerprint density at radius 3 is 2.75 bits per heavy atom. The summed E-state index contributed by atoms with van der Waals surface area (Å²) < 4.78 is 7.73. The van der Waals surface area contributed by atoms with Crippen LogP contribution in [0.2, 0.25) is 0 Å². The Balaban J connectivity index is 1.57. The highest BCUT2D eigenvalue weighted by atomic mass is 16.3. The maximum Gasteiger partial charge on any atom is 0.255 e. The van der Waals surface area contributed by atoms with Crippen LogP contribution in [0.25, 0.3) is 27.8 Å². The summed E-state index contributed by atoms with van der Waals surface area (Å²) in [6.07, 6.45) is 2.76. The molecule has 0 spiro atoms. The third-order valence-corrected chi connectivity index (χ3v) is 5.58. The Morgan fingerprint density at radius 1 is 1.04 bits per heavy atom. The summed E-state index contributed by atoms with van der Waals surface area (Å²) >= 11 is 0. The summed E-state index contributed by atoms with van der Waals surface area (Å²) in [4.78, 5) is 12.8. The van der Waals surface area contributed by atoms with Gasteiger partial charge in [0.15, 0.2) is 0 Å². The number of hydrogen-bond donors (Lipinski definition) is 1. The molecule has 4 heteroatoms. The van der Waals surface area contributed by atoms with E-state index >= 15 is 0 Å². The quantitative estimate of drug-likeness (QED) is 0.565. The fourth-order valence-corrected chi connectivity index (χ4v) is 4.15. The summed E-state index contributed by atoms with van der Waals surface area (Å²) in [5.41, 5.74) is 7.30. The van der Waals surface area contributed by atoms with Crippen LogP contribution < -0.4 is 10.9 Å². The lowest BCUT2D eigenvalue weighted by molar-refractivity contribution is 0.500. The van der Waals surface area contributed by atoms with E-state index in [9.17, 15) is 4.79 Å². The predicted octanol–water partition coefficient (Wildman–Crippen LogP) is 4.51. The third-order valence-electron chi connectivity index (χ3n) is 5.58. The number of furan rings is 1. The van der Waals surface area contributed by atoms with Gasteiger partial charge in [-0.2, -0.15) is 0 Å². The molecule has 2 aromatic carbocycles. The van der Waals surface area contributed by atoms with E-state index in [0.717, 1.165) is 53.1 Å². The minimum Gasteiger partial charge on any atom is -0.461 e. The molecule has 0 bridgehead atoms. The van der Waals surface area contributed by atoms with Gasteiger partial charge in [0.1, 0.15) is 11.3 Å². The number of nitrogens with zero attached hydrogens (tertiary/aromatic N) is 1. The molecule has 1 aliphatic rings. The second kappa shape index (κ2) is 6.50. The van der Waals surface area contributed by atoms with Crippen molar-refractivity contribution in [3.63, 3.8) is 0 Å². The maximum absolute atomic E-state index is 12.8. The number of benzene rings is 2. The highest BCUT2D eigenvalue weighted by molar-refractivity contribution is 5.84. The lowest BCUT2D eigenvalue weighted by atomic mass is 9.99. The number of fused-ring (bicyclic) bond motifs is 3. The molecule has 0 radical (unpaired) electrons. The van der Waals surface area contributed by atoms with Gasteiger partial charge in [-0.05, 0) is 48.7 Å². The molecule has 5 rings (SSSR count). The average molecular weight is 370 g/mol. The van der Waals surface area contributed by atoms with Gasteiger partial charge >= 0.3 is 0 Å². The molecule has 140 valence electrons. The van der Waals surface area contributed by atoms with Gasteiger partial charge in [-0.15, -0.1) is 0 Å². The van der Waals surface area contributed by atoms with E-state index in [2.05, 4.69) is 43.4 Å². The zero-order valence-electron chi connectivity index (χ0n) is 16.1. The van der Waals surface area contributed by atoms with Crippen molar-refractivity contribution in [1.82, 2.24) is 9.88 Å². The van der Waals surface area contributed by atoms with Crippen molar-refractivity contribution in [2.75, 3.05) is 6.54 Å². The first-order valence-electron chi connectivity index (χ1n) is 9.66. The topological polar surface area (TPSA) is 47.2 Å². The molecule has 1 aliphatic heterocycles. The Hall–Kier alpha value is -3.11. The monoisotopic (exact) mass is 370 g/mol. The Kier molecular flexibility index (Phi) is 3.95. The van der Waals surface area contributed by atoms with Crippen molar-refractivity contribution < 1.29 is 4.42 Å². The highest BCUT2D eigenvalue weighted by Gasteiger charge is 2.17. The largest absolute Gasteiger partial charge is 0.461 e. The van der Waals surface area contributed by atoms with E-state index in [0.29, 0.717) is 0 Å². The molecule has 0 aliphatic carbocycles. The molecule has 4 aromatic rings. The molecule has 0 saturated carbocycles. The Bertz CT molecular complexity index is 1260. The maximum atomic E-state index is 12.8. The number of aryl methyl sites for hydroxylation is 2. The van der Waals surface area contributed by atoms with Crippen LogP contribution in [-0.2, 0) is 13.0 Å². The van der Waals surface area contributed by atoms with E-state index < -0.39 is 0 Å². The Labute approximate surface area is 163 Å². The molecule has 28 heavy (non-hydrogen) atoms. The molecule has 3 heterocycles. The number of hydrogen-bond acceptors (Lipinski definition) is 3. The van der Waals surface area contributed by atoms with Gasteiger partial charge in [0, 0.05) is 48.8 Å². The first kappa shape index (κ1) is 17.0. The zero-order chi connectivity index (χ0) is 19.3. The lowest BCUT2D eigenvalue weighted by Gasteiger charge is -2.11. The van der Waals surface area contributed by atoms with E-state index in [4.69, 9.17) is 4.42 Å². The number of rotatable bonds is 2. The van der Waals surface area contributed by atoms with E-state index in [-0.39, 0.29) is 5.56 Å². The highest BCUT2D eigenvalue weighted by Crippen LogP contribution is 2.30. The summed E-state index contributed by atoms with van der Waals surface area (Å²) in [6.45, 7) is 5.94. The van der Waals surface area contributed by atoms with Crippen molar-refractivity contribution in [3.8, 4) is 16.8 Å². The molecule has 0 atom stereocenters. The summed E-state index contributed by atoms with van der Waals surface area (Å²) in [5, 5.41) is 4.52. The smallest absolute Gasteiger partial charge is 0.255 e. The minimum absolute atomic E-state index is 0.0465. The van der Waals surface area contributed by atoms with Crippen LogP contribution in [0.15, 0.2) is 63.9 Å². The van der Waals surface area contributed by atoms with E-state index in [1.54, 1.807) is 10.6 Å². The second-order valence-electron chi connectivity index (χ2n) is 7.55. The van der Waals surface area contributed by atoms with Crippen molar-refractivity contribution in [1.29, 1.82) is 0 Å². The fraction of sp³-hybridized carbons (Fsp3) is 0.208. The van der Waals surface area contributed by atoms with Crippen LogP contribution in [0.4, 0.5) is 0 Å². The van der Waals surface area contributed by atoms with Crippen LogP contribution in [0.5, 0.6) is 0 Å². The molecule has 0 fully saturated rings. The van der Waals surface area contributed by atoms with Gasteiger partial charge < -0.3 is 9.73 Å². The van der Waals surface area contributed by atoms with E-state index in [1.165, 1.54) is 16.7 Å². The fourth-order valence-electron chi connectivity index (χ4n) is 4.15. The second-order valence-corrected chi connectivity index (χ2v) is 7.55. The molecule has 0 unspecified atom stereocenters. The molecule has 0 saturated heterocycles.